The zero-order valence-corrected chi connectivity index (χ0v) is 8.72. The van der Waals surface area contributed by atoms with Crippen LogP contribution in [0.1, 0.15) is 18.1 Å². The van der Waals surface area contributed by atoms with Crippen molar-refractivity contribution in [3.8, 4) is 11.8 Å². The molecule has 1 aromatic rings. The molecule has 0 saturated heterocycles. The van der Waals surface area contributed by atoms with Crippen molar-refractivity contribution in [1.29, 1.82) is 5.26 Å². The van der Waals surface area contributed by atoms with Crippen molar-refractivity contribution >= 4 is 0 Å². The van der Waals surface area contributed by atoms with Gasteiger partial charge in [-0.2, -0.15) is 5.26 Å². The van der Waals surface area contributed by atoms with Gasteiger partial charge in [-0.05, 0) is 12.1 Å². The van der Waals surface area contributed by atoms with E-state index in [1.807, 2.05) is 0 Å². The lowest BCUT2D eigenvalue weighted by molar-refractivity contribution is 0.0202. The van der Waals surface area contributed by atoms with Crippen molar-refractivity contribution in [3.63, 3.8) is 0 Å². The first-order chi connectivity index (χ1) is 7.60. The van der Waals surface area contributed by atoms with Crippen molar-refractivity contribution in [2.75, 3.05) is 7.11 Å². The van der Waals surface area contributed by atoms with E-state index in [1.165, 1.54) is 13.2 Å². The number of methoxy groups -OCH3 is 1. The van der Waals surface area contributed by atoms with Gasteiger partial charge < -0.3 is 14.9 Å². The molecule has 2 N–H and O–H groups in total. The van der Waals surface area contributed by atoms with E-state index in [2.05, 4.69) is 0 Å². The third kappa shape index (κ3) is 2.69. The number of hydrogen-bond acceptors (Lipinski definition) is 4. The molecule has 2 unspecified atom stereocenters. The lowest BCUT2D eigenvalue weighted by atomic mass is 10.0. The highest BCUT2D eigenvalue weighted by Gasteiger charge is 2.21. The fourth-order valence-corrected chi connectivity index (χ4v) is 1.34. The van der Waals surface area contributed by atoms with E-state index >= 15 is 0 Å². The molecular formula is C11H12FNO3. The highest BCUT2D eigenvalue weighted by Crippen LogP contribution is 2.28. The van der Waals surface area contributed by atoms with Crippen LogP contribution in [0, 0.1) is 17.1 Å². The number of ether oxygens (including phenoxy) is 1. The van der Waals surface area contributed by atoms with Gasteiger partial charge in [0.2, 0.25) is 0 Å². The van der Waals surface area contributed by atoms with Crippen molar-refractivity contribution in [2.24, 2.45) is 0 Å². The number of nitriles is 1. The summed E-state index contributed by atoms with van der Waals surface area (Å²) in [6.45, 7) is 0. The SMILES string of the molecule is COc1cc(F)ccc1C(O)C(O)CC#N. The van der Waals surface area contributed by atoms with Gasteiger partial charge in [-0.25, -0.2) is 4.39 Å². The van der Waals surface area contributed by atoms with E-state index < -0.39 is 18.0 Å². The second-order valence-corrected chi connectivity index (χ2v) is 3.26. The van der Waals surface area contributed by atoms with E-state index in [0.29, 0.717) is 0 Å². The summed E-state index contributed by atoms with van der Waals surface area (Å²) in [6.07, 6.45) is -2.69. The minimum atomic E-state index is -1.27. The summed E-state index contributed by atoms with van der Waals surface area (Å²) < 4.78 is 17.8. The van der Waals surface area contributed by atoms with Crippen molar-refractivity contribution < 1.29 is 19.3 Å². The molecule has 0 fully saturated rings. The molecule has 0 saturated carbocycles. The van der Waals surface area contributed by atoms with Crippen LogP contribution in [0.5, 0.6) is 5.75 Å². The first-order valence-electron chi connectivity index (χ1n) is 4.66. The third-order valence-electron chi connectivity index (χ3n) is 2.18. The molecule has 0 aliphatic heterocycles. The van der Waals surface area contributed by atoms with Gasteiger partial charge >= 0.3 is 0 Å². The molecule has 86 valence electrons. The molecule has 5 heteroatoms. The molecule has 16 heavy (non-hydrogen) atoms. The van der Waals surface area contributed by atoms with Crippen LogP contribution in [0.4, 0.5) is 4.39 Å². The van der Waals surface area contributed by atoms with Gasteiger partial charge in [-0.15, -0.1) is 0 Å². The quantitative estimate of drug-likeness (QED) is 0.805. The average Bonchev–Trinajstić information content (AvgIpc) is 2.28. The molecule has 1 aromatic carbocycles. The summed E-state index contributed by atoms with van der Waals surface area (Å²) in [5, 5.41) is 27.5. The highest BCUT2D eigenvalue weighted by atomic mass is 19.1. The molecule has 0 bridgehead atoms. The van der Waals surface area contributed by atoms with Gasteiger partial charge in [0, 0.05) is 11.6 Å². The molecule has 0 heterocycles. The average molecular weight is 225 g/mol. The predicted octanol–water partition coefficient (Wildman–Crippen LogP) is 1.14. The normalized spacial score (nSPS) is 13.9. The Kier molecular flexibility index (Phi) is 4.23. The van der Waals surface area contributed by atoms with E-state index in [-0.39, 0.29) is 17.7 Å². The van der Waals surface area contributed by atoms with Gasteiger partial charge in [0.05, 0.1) is 25.7 Å². The topological polar surface area (TPSA) is 73.5 Å². The zero-order chi connectivity index (χ0) is 12.1. The lowest BCUT2D eigenvalue weighted by Crippen LogP contribution is -2.18. The molecule has 0 aliphatic rings. The summed E-state index contributed by atoms with van der Waals surface area (Å²) in [5.74, 6) is -0.355. The largest absolute Gasteiger partial charge is 0.496 e. The summed E-state index contributed by atoms with van der Waals surface area (Å²) >= 11 is 0. The van der Waals surface area contributed by atoms with Crippen LogP contribution in [0.2, 0.25) is 0 Å². The van der Waals surface area contributed by atoms with Gasteiger partial charge in [0.1, 0.15) is 17.7 Å². The fourth-order valence-electron chi connectivity index (χ4n) is 1.34. The summed E-state index contributed by atoms with van der Waals surface area (Å²) in [7, 11) is 1.33. The van der Waals surface area contributed by atoms with Crippen LogP contribution in [0.15, 0.2) is 18.2 Å². The van der Waals surface area contributed by atoms with Crippen LogP contribution >= 0.6 is 0 Å². The third-order valence-corrected chi connectivity index (χ3v) is 2.18. The Balaban J connectivity index is 2.99. The Labute approximate surface area is 92.5 Å². The maximum absolute atomic E-state index is 12.9. The van der Waals surface area contributed by atoms with Gasteiger partial charge in [0.25, 0.3) is 0 Å². The maximum atomic E-state index is 12.9. The number of rotatable bonds is 4. The van der Waals surface area contributed by atoms with E-state index in [4.69, 9.17) is 10.00 Å². The number of aliphatic hydroxyl groups is 2. The molecule has 0 spiro atoms. The Bertz CT molecular complexity index is 403. The Morgan fingerprint density at radius 1 is 1.50 bits per heavy atom. The van der Waals surface area contributed by atoms with Crippen molar-refractivity contribution in [1.82, 2.24) is 0 Å². The molecule has 4 nitrogen and oxygen atoms in total. The molecular weight excluding hydrogens is 213 g/mol. The molecule has 0 radical (unpaired) electrons. The van der Waals surface area contributed by atoms with Gasteiger partial charge in [0.15, 0.2) is 0 Å². The monoisotopic (exact) mass is 225 g/mol. The van der Waals surface area contributed by atoms with Crippen molar-refractivity contribution in [2.45, 2.75) is 18.6 Å². The summed E-state index contributed by atoms with van der Waals surface area (Å²) in [6, 6.07) is 5.32. The molecule has 1 rings (SSSR count). The fraction of sp³-hybridized carbons (Fsp3) is 0.364. The summed E-state index contributed by atoms with van der Waals surface area (Å²) in [5.41, 5.74) is 0.256. The van der Waals surface area contributed by atoms with Crippen molar-refractivity contribution in [3.05, 3.63) is 29.6 Å². The second-order valence-electron chi connectivity index (χ2n) is 3.26. The lowest BCUT2D eigenvalue weighted by Gasteiger charge is -2.18. The Hall–Kier alpha value is -1.64. The Morgan fingerprint density at radius 2 is 2.19 bits per heavy atom. The van der Waals surface area contributed by atoms with Gasteiger partial charge in [-0.1, -0.05) is 0 Å². The van der Waals surface area contributed by atoms with Crippen LogP contribution in [0.3, 0.4) is 0 Å². The highest BCUT2D eigenvalue weighted by molar-refractivity contribution is 5.36. The van der Waals surface area contributed by atoms with E-state index in [0.717, 1.165) is 12.1 Å². The van der Waals surface area contributed by atoms with E-state index in [1.54, 1.807) is 6.07 Å². The number of hydrogen-bond donors (Lipinski definition) is 2. The molecule has 0 aliphatic carbocycles. The smallest absolute Gasteiger partial charge is 0.127 e. The van der Waals surface area contributed by atoms with Crippen LogP contribution in [-0.4, -0.2) is 23.4 Å². The van der Waals surface area contributed by atoms with Crippen LogP contribution < -0.4 is 4.74 Å². The standard InChI is InChI=1S/C11H12FNO3/c1-16-10-6-7(12)2-3-8(10)11(15)9(14)4-5-13/h2-3,6,9,11,14-15H,4H2,1H3. The number of aliphatic hydroxyl groups excluding tert-OH is 2. The summed E-state index contributed by atoms with van der Waals surface area (Å²) in [4.78, 5) is 0. The Morgan fingerprint density at radius 3 is 2.75 bits per heavy atom. The second kappa shape index (κ2) is 5.45. The molecule has 2 atom stereocenters. The van der Waals surface area contributed by atoms with Gasteiger partial charge in [-0.3, -0.25) is 0 Å². The van der Waals surface area contributed by atoms with E-state index in [9.17, 15) is 14.6 Å². The molecule has 0 amide bonds. The minimum absolute atomic E-state index is 0.143. The minimum Gasteiger partial charge on any atom is -0.496 e. The predicted molar refractivity (Wildman–Crippen MR) is 54.1 cm³/mol. The molecule has 0 aromatic heterocycles. The number of nitrogens with zero attached hydrogens (tertiary/aromatic N) is 1. The van der Waals surface area contributed by atoms with Crippen LogP contribution in [0.25, 0.3) is 0 Å². The van der Waals surface area contributed by atoms with Crippen LogP contribution in [-0.2, 0) is 0 Å². The zero-order valence-electron chi connectivity index (χ0n) is 8.72. The number of halogens is 1. The number of benzene rings is 1. The first kappa shape index (κ1) is 12.4. The first-order valence-corrected chi connectivity index (χ1v) is 4.66. The maximum Gasteiger partial charge on any atom is 0.127 e.